The minimum absolute atomic E-state index is 0. The smallest absolute Gasteiger partial charge is 0.147 e. The molecule has 1 unspecified atom stereocenters. The third kappa shape index (κ3) is 5.15. The number of rotatable bonds is 5. The van der Waals surface area contributed by atoms with Gasteiger partial charge in [0.1, 0.15) is 5.82 Å². The van der Waals surface area contributed by atoms with Crippen LogP contribution in [0.4, 0.5) is 10.1 Å². The molecule has 0 heterocycles. The van der Waals surface area contributed by atoms with Gasteiger partial charge in [0.05, 0.1) is 16.8 Å². The lowest BCUT2D eigenvalue weighted by atomic mass is 10.0. The highest BCUT2D eigenvalue weighted by Crippen LogP contribution is 2.26. The molecule has 0 saturated heterocycles. The van der Waals surface area contributed by atoms with Crippen LogP contribution in [0.3, 0.4) is 0 Å². The molecule has 110 valence electrons. The van der Waals surface area contributed by atoms with E-state index in [2.05, 4.69) is 12.2 Å². The number of nitrogens with one attached hydrogen (secondary N) is 1. The van der Waals surface area contributed by atoms with E-state index in [1.54, 1.807) is 0 Å². The van der Waals surface area contributed by atoms with Crippen LogP contribution < -0.4 is 11.1 Å². The van der Waals surface area contributed by atoms with E-state index in [-0.39, 0.29) is 28.7 Å². The number of anilines is 1. The molecule has 0 saturated carbocycles. The van der Waals surface area contributed by atoms with Gasteiger partial charge in [0, 0.05) is 12.1 Å². The zero-order valence-corrected chi connectivity index (χ0v) is 12.9. The minimum atomic E-state index is -0.816. The fraction of sp³-hybridized carbons (Fsp3) is 0.538. The van der Waals surface area contributed by atoms with Gasteiger partial charge < -0.3 is 16.2 Å². The number of hydrogen-bond acceptors (Lipinski definition) is 3. The van der Waals surface area contributed by atoms with Crippen molar-refractivity contribution >= 4 is 29.7 Å². The molecule has 1 aromatic rings. The first kappa shape index (κ1) is 18.4. The van der Waals surface area contributed by atoms with Gasteiger partial charge in [0.2, 0.25) is 0 Å². The lowest BCUT2D eigenvalue weighted by molar-refractivity contribution is 0.160. The van der Waals surface area contributed by atoms with Crippen LogP contribution in [0.2, 0.25) is 5.02 Å². The van der Waals surface area contributed by atoms with E-state index in [0.29, 0.717) is 12.1 Å². The van der Waals surface area contributed by atoms with Crippen molar-refractivity contribution in [2.75, 3.05) is 12.3 Å². The summed E-state index contributed by atoms with van der Waals surface area (Å²) < 4.78 is 13.4. The van der Waals surface area contributed by atoms with Crippen LogP contribution in [0, 0.1) is 5.82 Å². The second-order valence-corrected chi connectivity index (χ2v) is 5.44. The molecule has 0 aliphatic heterocycles. The Morgan fingerprint density at radius 1 is 1.47 bits per heavy atom. The first-order valence-corrected chi connectivity index (χ1v) is 6.32. The third-order valence-corrected chi connectivity index (χ3v) is 3.46. The highest BCUT2D eigenvalue weighted by molar-refractivity contribution is 6.33. The second kappa shape index (κ2) is 7.29. The highest BCUT2D eigenvalue weighted by atomic mass is 35.5. The summed E-state index contributed by atoms with van der Waals surface area (Å²) in [7, 11) is 0. The molecule has 1 aromatic carbocycles. The van der Waals surface area contributed by atoms with Crippen molar-refractivity contribution < 1.29 is 9.50 Å². The van der Waals surface area contributed by atoms with Crippen molar-refractivity contribution in [3.63, 3.8) is 0 Å². The Morgan fingerprint density at radius 2 is 2.05 bits per heavy atom. The van der Waals surface area contributed by atoms with E-state index in [0.717, 1.165) is 6.42 Å². The summed E-state index contributed by atoms with van der Waals surface area (Å²) in [6.07, 6.45) is 0.111. The fourth-order valence-corrected chi connectivity index (χ4v) is 1.63. The molecule has 4 N–H and O–H groups in total. The van der Waals surface area contributed by atoms with Crippen LogP contribution in [0.1, 0.15) is 38.9 Å². The van der Waals surface area contributed by atoms with E-state index < -0.39 is 11.9 Å². The monoisotopic (exact) mass is 310 g/mol. The summed E-state index contributed by atoms with van der Waals surface area (Å²) in [5.41, 5.74) is 5.67. The lowest BCUT2D eigenvalue weighted by Crippen LogP contribution is -2.40. The predicted octanol–water partition coefficient (Wildman–Crippen LogP) is 3.29. The van der Waals surface area contributed by atoms with E-state index in [1.807, 2.05) is 13.8 Å². The van der Waals surface area contributed by atoms with Gasteiger partial charge in [-0.2, -0.15) is 0 Å². The van der Waals surface area contributed by atoms with E-state index in [1.165, 1.54) is 12.1 Å². The van der Waals surface area contributed by atoms with Gasteiger partial charge in [-0.15, -0.1) is 12.4 Å². The Kier molecular flexibility index (Phi) is 7.08. The topological polar surface area (TPSA) is 58.3 Å². The summed E-state index contributed by atoms with van der Waals surface area (Å²) in [6, 6.07) is 2.71. The largest absolute Gasteiger partial charge is 0.395 e. The molecule has 0 fully saturated rings. The lowest BCUT2D eigenvalue weighted by Gasteiger charge is -2.26. The first-order valence-electron chi connectivity index (χ1n) is 5.94. The van der Waals surface area contributed by atoms with Crippen molar-refractivity contribution in [3.05, 3.63) is 28.5 Å². The highest BCUT2D eigenvalue weighted by Gasteiger charge is 2.18. The van der Waals surface area contributed by atoms with Gasteiger partial charge in [-0.1, -0.05) is 18.5 Å². The number of aliphatic hydroxyl groups is 1. The number of aliphatic hydroxyl groups excluding tert-OH is 1. The summed E-state index contributed by atoms with van der Waals surface area (Å²) in [4.78, 5) is 0. The molecule has 0 amide bonds. The standard InChI is InChI=1S/C13H20ClFN2O.ClH/c1-4-13(2,3)17-7-11(18)8-5-9(14)12(16)10(15)6-8;/h5-6,11,17-18H,4,7,16H2,1-3H3;1H. The molecule has 6 heteroatoms. The number of hydrogen-bond donors (Lipinski definition) is 3. The van der Waals surface area contributed by atoms with Crippen LogP contribution in [-0.2, 0) is 0 Å². The molecule has 19 heavy (non-hydrogen) atoms. The van der Waals surface area contributed by atoms with Gasteiger partial charge in [-0.3, -0.25) is 0 Å². The van der Waals surface area contributed by atoms with Gasteiger partial charge in [-0.05, 0) is 38.0 Å². The van der Waals surface area contributed by atoms with E-state index in [9.17, 15) is 9.50 Å². The molecular formula is C13H21Cl2FN2O. The average molecular weight is 311 g/mol. The van der Waals surface area contributed by atoms with Crippen molar-refractivity contribution in [3.8, 4) is 0 Å². The SMILES string of the molecule is CCC(C)(C)NCC(O)c1cc(F)c(N)c(Cl)c1.Cl. The molecule has 0 radical (unpaired) electrons. The number of nitrogen functional groups attached to an aromatic ring is 1. The molecule has 0 aromatic heterocycles. The Hall–Kier alpha value is -0.550. The summed E-state index contributed by atoms with van der Waals surface area (Å²) in [5, 5.41) is 13.3. The zero-order valence-electron chi connectivity index (χ0n) is 11.3. The molecular weight excluding hydrogens is 290 g/mol. The quantitative estimate of drug-likeness (QED) is 0.731. The van der Waals surface area contributed by atoms with Crippen molar-refractivity contribution in [1.29, 1.82) is 0 Å². The van der Waals surface area contributed by atoms with Gasteiger partial charge in [0.25, 0.3) is 0 Å². The molecule has 1 atom stereocenters. The maximum absolute atomic E-state index is 13.4. The average Bonchev–Trinajstić information content (AvgIpc) is 2.32. The van der Waals surface area contributed by atoms with Crippen LogP contribution in [-0.4, -0.2) is 17.2 Å². The number of benzene rings is 1. The van der Waals surface area contributed by atoms with Crippen molar-refractivity contribution in [2.24, 2.45) is 0 Å². The summed E-state index contributed by atoms with van der Waals surface area (Å²) in [6.45, 7) is 6.46. The second-order valence-electron chi connectivity index (χ2n) is 5.03. The Bertz CT molecular complexity index is 404. The normalized spacial score (nSPS) is 12.9. The van der Waals surface area contributed by atoms with E-state index >= 15 is 0 Å². The number of nitrogens with two attached hydrogens (primary N) is 1. The molecule has 0 aliphatic rings. The third-order valence-electron chi connectivity index (χ3n) is 3.14. The van der Waals surface area contributed by atoms with Crippen LogP contribution in [0.25, 0.3) is 0 Å². The first-order chi connectivity index (χ1) is 8.26. The Labute approximate surface area is 124 Å². The Balaban J connectivity index is 0.00000324. The van der Waals surface area contributed by atoms with Gasteiger partial charge >= 0.3 is 0 Å². The minimum Gasteiger partial charge on any atom is -0.395 e. The van der Waals surface area contributed by atoms with Crippen molar-refractivity contribution in [2.45, 2.75) is 38.8 Å². The molecule has 0 bridgehead atoms. The summed E-state index contributed by atoms with van der Waals surface area (Å²) >= 11 is 5.78. The number of halogens is 3. The molecule has 1 rings (SSSR count). The maximum atomic E-state index is 13.4. The molecule has 3 nitrogen and oxygen atoms in total. The van der Waals surface area contributed by atoms with Crippen molar-refractivity contribution in [1.82, 2.24) is 5.32 Å². The summed E-state index contributed by atoms with van der Waals surface area (Å²) in [5.74, 6) is -0.605. The predicted molar refractivity (Wildman–Crippen MR) is 80.4 cm³/mol. The molecule has 0 aliphatic carbocycles. The van der Waals surface area contributed by atoms with Crippen LogP contribution in [0.5, 0.6) is 0 Å². The Morgan fingerprint density at radius 3 is 2.53 bits per heavy atom. The van der Waals surface area contributed by atoms with Gasteiger partial charge in [-0.25, -0.2) is 4.39 Å². The zero-order chi connectivity index (χ0) is 13.9. The van der Waals surface area contributed by atoms with E-state index in [4.69, 9.17) is 17.3 Å². The maximum Gasteiger partial charge on any atom is 0.147 e. The van der Waals surface area contributed by atoms with Crippen LogP contribution >= 0.6 is 24.0 Å². The number of β-amino-alcohol motifs (C(OH)–C–C–N with tert-alkyl or cyclic N) is 1. The molecule has 0 spiro atoms. The van der Waals surface area contributed by atoms with Gasteiger partial charge in [0.15, 0.2) is 0 Å². The fourth-order valence-electron chi connectivity index (χ4n) is 1.41. The van der Waals surface area contributed by atoms with Crippen LogP contribution in [0.15, 0.2) is 12.1 Å².